The predicted octanol–water partition coefficient (Wildman–Crippen LogP) is 3.32. The van der Waals surface area contributed by atoms with E-state index in [1.165, 1.54) is 36.1 Å². The summed E-state index contributed by atoms with van der Waals surface area (Å²) >= 11 is 0. The van der Waals surface area contributed by atoms with Crippen molar-refractivity contribution in [3.63, 3.8) is 0 Å². The van der Waals surface area contributed by atoms with Crippen LogP contribution in [0, 0.1) is 5.92 Å². The minimum absolute atomic E-state index is 0.667. The van der Waals surface area contributed by atoms with Crippen molar-refractivity contribution >= 4 is 5.69 Å². The second-order valence-electron chi connectivity index (χ2n) is 5.14. The zero-order chi connectivity index (χ0) is 11.0. The van der Waals surface area contributed by atoms with Crippen molar-refractivity contribution in [3.8, 4) is 0 Å². The molecule has 1 saturated carbocycles. The highest BCUT2D eigenvalue weighted by molar-refractivity contribution is 5.50. The summed E-state index contributed by atoms with van der Waals surface area (Å²) in [5, 5.41) is 3.66. The number of ether oxygens (including phenoxy) is 1. The van der Waals surface area contributed by atoms with Gasteiger partial charge in [-0.15, -0.1) is 0 Å². The molecule has 16 heavy (non-hydrogen) atoms. The van der Waals surface area contributed by atoms with Gasteiger partial charge in [-0.05, 0) is 42.0 Å². The van der Waals surface area contributed by atoms with E-state index >= 15 is 0 Å². The number of hydrogen-bond donors (Lipinski definition) is 1. The van der Waals surface area contributed by atoms with Gasteiger partial charge in [-0.1, -0.05) is 19.4 Å². The molecule has 1 fully saturated rings. The number of rotatable bonds is 2. The van der Waals surface area contributed by atoms with Crippen molar-refractivity contribution < 1.29 is 4.74 Å². The summed E-state index contributed by atoms with van der Waals surface area (Å²) < 4.78 is 5.43. The minimum Gasteiger partial charge on any atom is -0.382 e. The van der Waals surface area contributed by atoms with Crippen molar-refractivity contribution in [2.75, 3.05) is 5.32 Å². The Morgan fingerprint density at radius 2 is 2.06 bits per heavy atom. The van der Waals surface area contributed by atoms with Crippen molar-refractivity contribution in [2.24, 2.45) is 5.92 Å². The molecule has 0 amide bonds. The Balaban J connectivity index is 1.75. The molecule has 1 heterocycles. The van der Waals surface area contributed by atoms with Gasteiger partial charge in [0.05, 0.1) is 13.2 Å². The molecule has 2 aliphatic rings. The van der Waals surface area contributed by atoms with Gasteiger partial charge in [0, 0.05) is 11.7 Å². The maximum absolute atomic E-state index is 5.43. The highest BCUT2D eigenvalue weighted by Crippen LogP contribution is 2.29. The first-order valence-electron chi connectivity index (χ1n) is 6.29. The van der Waals surface area contributed by atoms with Crippen molar-refractivity contribution in [1.29, 1.82) is 0 Å². The molecule has 0 bridgehead atoms. The van der Waals surface area contributed by atoms with E-state index < -0.39 is 0 Å². The second-order valence-corrected chi connectivity index (χ2v) is 5.14. The zero-order valence-corrected chi connectivity index (χ0v) is 9.83. The quantitative estimate of drug-likeness (QED) is 0.820. The summed E-state index contributed by atoms with van der Waals surface area (Å²) in [5.74, 6) is 0.810. The lowest BCUT2D eigenvalue weighted by molar-refractivity contribution is 0.134. The Bertz CT molecular complexity index is 388. The number of benzene rings is 1. The third kappa shape index (κ3) is 1.82. The van der Waals surface area contributed by atoms with E-state index in [1.807, 2.05) is 0 Å². The molecule has 1 aliphatic carbocycles. The van der Waals surface area contributed by atoms with Gasteiger partial charge in [-0.3, -0.25) is 0 Å². The van der Waals surface area contributed by atoms with E-state index in [2.05, 4.69) is 30.4 Å². The first-order valence-corrected chi connectivity index (χ1v) is 6.29. The van der Waals surface area contributed by atoms with E-state index in [1.54, 1.807) is 0 Å². The number of nitrogens with one attached hydrogen (secondary N) is 1. The molecule has 1 aromatic rings. The lowest BCUT2D eigenvalue weighted by Crippen LogP contribution is -2.21. The summed E-state index contributed by atoms with van der Waals surface area (Å²) in [6.45, 7) is 3.92. The van der Waals surface area contributed by atoms with Crippen LogP contribution in [-0.4, -0.2) is 6.04 Å². The molecule has 0 radical (unpaired) electrons. The van der Waals surface area contributed by atoms with E-state index in [0.717, 1.165) is 19.1 Å². The van der Waals surface area contributed by atoms with Crippen LogP contribution in [0.5, 0.6) is 0 Å². The minimum atomic E-state index is 0.667. The second kappa shape index (κ2) is 4.10. The largest absolute Gasteiger partial charge is 0.382 e. The average molecular weight is 217 g/mol. The molecule has 2 nitrogen and oxygen atoms in total. The summed E-state index contributed by atoms with van der Waals surface area (Å²) in [7, 11) is 0. The summed E-state index contributed by atoms with van der Waals surface area (Å²) in [6, 6.07) is 7.32. The van der Waals surface area contributed by atoms with E-state index in [4.69, 9.17) is 4.74 Å². The molecule has 1 aliphatic heterocycles. The van der Waals surface area contributed by atoms with Gasteiger partial charge >= 0.3 is 0 Å². The Morgan fingerprint density at radius 1 is 1.19 bits per heavy atom. The summed E-state index contributed by atoms with van der Waals surface area (Å²) in [4.78, 5) is 0. The van der Waals surface area contributed by atoms with E-state index in [-0.39, 0.29) is 0 Å². The number of anilines is 1. The van der Waals surface area contributed by atoms with Crippen LogP contribution in [0.2, 0.25) is 0 Å². The van der Waals surface area contributed by atoms with Crippen molar-refractivity contribution in [1.82, 2.24) is 0 Å². The molecule has 2 unspecified atom stereocenters. The van der Waals surface area contributed by atoms with Gasteiger partial charge in [0.1, 0.15) is 0 Å². The topological polar surface area (TPSA) is 21.3 Å². The third-order valence-electron chi connectivity index (χ3n) is 3.93. The molecule has 1 N–H and O–H groups in total. The van der Waals surface area contributed by atoms with Crippen LogP contribution in [-0.2, 0) is 18.0 Å². The predicted molar refractivity (Wildman–Crippen MR) is 65.4 cm³/mol. The highest BCUT2D eigenvalue weighted by atomic mass is 16.5. The van der Waals surface area contributed by atoms with Gasteiger partial charge in [0.25, 0.3) is 0 Å². The van der Waals surface area contributed by atoms with Gasteiger partial charge in [0.2, 0.25) is 0 Å². The van der Waals surface area contributed by atoms with Crippen LogP contribution < -0.4 is 5.32 Å². The lowest BCUT2D eigenvalue weighted by atomic mass is 10.0. The molecule has 2 heteroatoms. The van der Waals surface area contributed by atoms with Crippen LogP contribution in [0.15, 0.2) is 18.2 Å². The van der Waals surface area contributed by atoms with E-state index in [0.29, 0.717) is 6.04 Å². The maximum atomic E-state index is 5.43. The Hall–Kier alpha value is -1.02. The van der Waals surface area contributed by atoms with Crippen molar-refractivity contribution in [3.05, 3.63) is 29.3 Å². The summed E-state index contributed by atoms with van der Waals surface area (Å²) in [5.41, 5.74) is 3.98. The average Bonchev–Trinajstić information content (AvgIpc) is 2.88. The fourth-order valence-electron chi connectivity index (χ4n) is 2.84. The standard InChI is InChI=1S/C14H19NO/c1-10-3-2-4-14(10)15-13-6-5-11-8-16-9-12(11)7-13/h5-7,10,14-15H,2-4,8-9H2,1H3. The molecule has 2 atom stereocenters. The van der Waals surface area contributed by atoms with Crippen LogP contribution in [0.1, 0.15) is 37.3 Å². The number of fused-ring (bicyclic) bond motifs is 1. The molecule has 86 valence electrons. The van der Waals surface area contributed by atoms with Crippen LogP contribution >= 0.6 is 0 Å². The lowest BCUT2D eigenvalue weighted by Gasteiger charge is -2.19. The normalized spacial score (nSPS) is 28.1. The number of hydrogen-bond acceptors (Lipinski definition) is 2. The van der Waals surface area contributed by atoms with Gasteiger partial charge < -0.3 is 10.1 Å². The van der Waals surface area contributed by atoms with Crippen molar-refractivity contribution in [2.45, 2.75) is 45.4 Å². The fraction of sp³-hybridized carbons (Fsp3) is 0.571. The van der Waals surface area contributed by atoms with Gasteiger partial charge in [-0.2, -0.15) is 0 Å². The molecule has 0 aromatic heterocycles. The van der Waals surface area contributed by atoms with Crippen LogP contribution in [0.3, 0.4) is 0 Å². The third-order valence-corrected chi connectivity index (χ3v) is 3.93. The molecule has 3 rings (SSSR count). The Kier molecular flexibility index (Phi) is 2.60. The molecular formula is C14H19NO. The fourth-order valence-corrected chi connectivity index (χ4v) is 2.84. The zero-order valence-electron chi connectivity index (χ0n) is 9.83. The van der Waals surface area contributed by atoms with Gasteiger partial charge in [-0.25, -0.2) is 0 Å². The molecule has 1 aromatic carbocycles. The Morgan fingerprint density at radius 3 is 2.88 bits per heavy atom. The van der Waals surface area contributed by atoms with Crippen LogP contribution in [0.4, 0.5) is 5.69 Å². The van der Waals surface area contributed by atoms with E-state index in [9.17, 15) is 0 Å². The SMILES string of the molecule is CC1CCCC1Nc1ccc2c(c1)COC2. The maximum Gasteiger partial charge on any atom is 0.0725 e. The molecule has 0 saturated heterocycles. The van der Waals surface area contributed by atoms with Gasteiger partial charge in [0.15, 0.2) is 0 Å². The smallest absolute Gasteiger partial charge is 0.0725 e. The monoisotopic (exact) mass is 217 g/mol. The highest BCUT2D eigenvalue weighted by Gasteiger charge is 2.23. The Labute approximate surface area is 97.0 Å². The molecule has 0 spiro atoms. The van der Waals surface area contributed by atoms with Crippen LogP contribution in [0.25, 0.3) is 0 Å². The molecular weight excluding hydrogens is 198 g/mol. The first kappa shape index (κ1) is 10.2. The summed E-state index contributed by atoms with van der Waals surface area (Å²) in [6.07, 6.45) is 4.05. The first-order chi connectivity index (χ1) is 7.83.